The monoisotopic (exact) mass is 522 g/mol. The number of ketones is 1. The predicted octanol–water partition coefficient (Wildman–Crippen LogP) is 8.72. The Morgan fingerprint density at radius 1 is 1.20 bits per heavy atom. The van der Waals surface area contributed by atoms with Crippen molar-refractivity contribution in [3.63, 3.8) is 0 Å². The lowest BCUT2D eigenvalue weighted by molar-refractivity contribution is -0.132. The van der Waals surface area contributed by atoms with Crippen LogP contribution in [0.25, 0.3) is 0 Å². The van der Waals surface area contributed by atoms with Gasteiger partial charge in [-0.05, 0) is 54.9 Å². The van der Waals surface area contributed by atoms with Crippen molar-refractivity contribution in [2.75, 3.05) is 0 Å². The number of hydrogen-bond donors (Lipinski definition) is 0. The third kappa shape index (κ3) is 8.79. The third-order valence-corrected chi connectivity index (χ3v) is 13.7. The molecule has 204 valence electrons. The van der Waals surface area contributed by atoms with Crippen LogP contribution < -0.4 is 0 Å². The summed E-state index contributed by atoms with van der Waals surface area (Å²) in [4.78, 5) is 13.6. The van der Waals surface area contributed by atoms with Gasteiger partial charge in [-0.15, -0.1) is 6.58 Å². The fourth-order valence-electron chi connectivity index (χ4n) is 5.25. The van der Waals surface area contributed by atoms with Crippen LogP contribution in [0.2, 0.25) is 31.2 Å². The molecule has 1 aliphatic carbocycles. The van der Waals surface area contributed by atoms with Crippen LogP contribution >= 0.6 is 0 Å². The molecule has 0 amide bonds. The molecule has 1 saturated carbocycles. The summed E-state index contributed by atoms with van der Waals surface area (Å²) in [6.45, 7) is 31.4. The zero-order chi connectivity index (χ0) is 27.2. The number of Topliss-reactive ketones (excluding diaryl/α,β-unsaturated/α-hetero) is 1. The lowest BCUT2D eigenvalue weighted by Gasteiger charge is -2.41. The van der Waals surface area contributed by atoms with Crippen molar-refractivity contribution >= 4 is 23.1 Å². The lowest BCUT2D eigenvalue weighted by Crippen LogP contribution is -2.47. The first kappa shape index (κ1) is 32.5. The van der Waals surface area contributed by atoms with Gasteiger partial charge in [0.1, 0.15) is 5.60 Å². The van der Waals surface area contributed by atoms with Crippen LogP contribution in [0.4, 0.5) is 0 Å². The van der Waals surface area contributed by atoms with Crippen LogP contribution in [0.5, 0.6) is 0 Å². The van der Waals surface area contributed by atoms with Gasteiger partial charge in [-0.2, -0.15) is 0 Å². The molecule has 0 aromatic rings. The first-order valence-electron chi connectivity index (χ1n) is 14.1. The van der Waals surface area contributed by atoms with Gasteiger partial charge in [0.2, 0.25) is 0 Å². The fraction of sp³-hybridized carbons (Fsp3) is 0.833. The second-order valence-electron chi connectivity index (χ2n) is 14.0. The summed E-state index contributed by atoms with van der Waals surface area (Å²) in [6, 6.07) is 0. The standard InChI is InChI=1S/C30H58O3Si2/c1-14-16-17-23(3)21-24(32-35(12,13)29(7,8)9)18-19-25-26(28(4,5)6)22-27(31)30(25,20-15-2)33-34(10)11/h15,18-19,23-26,34H,2,14,16-17,20-22H2,1,3-13H3/t23?,24-,25?,26?,30?/m1/s1. The van der Waals surface area contributed by atoms with Crippen molar-refractivity contribution in [1.82, 2.24) is 0 Å². The minimum absolute atomic E-state index is 0.0136. The summed E-state index contributed by atoms with van der Waals surface area (Å²) in [5, 5.41) is 0.155. The minimum atomic E-state index is -1.95. The third-order valence-electron chi connectivity index (χ3n) is 8.33. The summed E-state index contributed by atoms with van der Waals surface area (Å²) in [7, 11) is -3.40. The molecule has 1 aliphatic rings. The Morgan fingerprint density at radius 2 is 1.80 bits per heavy atom. The van der Waals surface area contributed by atoms with Gasteiger partial charge in [0.05, 0.1) is 6.10 Å². The van der Waals surface area contributed by atoms with Crippen LogP contribution in [0, 0.1) is 23.2 Å². The lowest BCUT2D eigenvalue weighted by atomic mass is 9.71. The maximum absolute atomic E-state index is 13.6. The van der Waals surface area contributed by atoms with Crippen LogP contribution in [-0.4, -0.2) is 34.8 Å². The molecular weight excluding hydrogens is 464 g/mol. The predicted molar refractivity (Wildman–Crippen MR) is 158 cm³/mol. The van der Waals surface area contributed by atoms with Gasteiger partial charge in [0.25, 0.3) is 0 Å². The summed E-state index contributed by atoms with van der Waals surface area (Å²) >= 11 is 0. The molecular formula is C30H58O3Si2. The molecule has 1 rings (SSSR count). The van der Waals surface area contributed by atoms with E-state index in [0.29, 0.717) is 18.8 Å². The van der Waals surface area contributed by atoms with E-state index in [1.54, 1.807) is 0 Å². The maximum atomic E-state index is 13.6. The van der Waals surface area contributed by atoms with Crippen LogP contribution in [0.3, 0.4) is 0 Å². The molecule has 3 nitrogen and oxygen atoms in total. The highest BCUT2D eigenvalue weighted by Crippen LogP contribution is 2.51. The molecule has 0 radical (unpaired) electrons. The normalized spacial score (nSPS) is 26.0. The average Bonchev–Trinajstić information content (AvgIpc) is 2.95. The molecule has 0 saturated heterocycles. The Morgan fingerprint density at radius 3 is 2.26 bits per heavy atom. The van der Waals surface area contributed by atoms with Crippen molar-refractivity contribution in [2.45, 2.75) is 137 Å². The van der Waals surface area contributed by atoms with E-state index in [1.807, 2.05) is 6.08 Å². The van der Waals surface area contributed by atoms with Crippen molar-refractivity contribution in [1.29, 1.82) is 0 Å². The molecule has 0 N–H and O–H groups in total. The SMILES string of the molecule is C=CCC1(O[SiH](C)C)C(=O)CC(C(C)(C)C)C1C=C[C@H](CC(C)CCCC)O[Si](C)(C)C(C)(C)C. The second-order valence-corrected chi connectivity index (χ2v) is 21.0. The highest BCUT2D eigenvalue weighted by atomic mass is 28.4. The summed E-state index contributed by atoms with van der Waals surface area (Å²) < 4.78 is 13.6. The highest BCUT2D eigenvalue weighted by Gasteiger charge is 2.56. The van der Waals surface area contributed by atoms with Gasteiger partial charge in [-0.3, -0.25) is 4.79 Å². The first-order valence-corrected chi connectivity index (χ1v) is 19.8. The Labute approximate surface area is 221 Å². The van der Waals surface area contributed by atoms with E-state index in [0.717, 1.165) is 6.42 Å². The van der Waals surface area contributed by atoms with Crippen molar-refractivity contribution in [3.05, 3.63) is 24.8 Å². The Bertz CT molecular complexity index is 714. The number of carbonyl (C=O) groups excluding carboxylic acids is 1. The molecule has 4 unspecified atom stereocenters. The van der Waals surface area contributed by atoms with E-state index >= 15 is 0 Å². The molecule has 0 aliphatic heterocycles. The van der Waals surface area contributed by atoms with Crippen LogP contribution in [0.15, 0.2) is 24.8 Å². The van der Waals surface area contributed by atoms with Gasteiger partial charge in [-0.1, -0.05) is 92.9 Å². The van der Waals surface area contributed by atoms with E-state index in [4.69, 9.17) is 8.85 Å². The van der Waals surface area contributed by atoms with E-state index in [2.05, 4.69) is 100 Å². The molecule has 0 heterocycles. The van der Waals surface area contributed by atoms with Gasteiger partial charge >= 0.3 is 0 Å². The Balaban J connectivity index is 3.46. The number of carbonyl (C=O) groups is 1. The smallest absolute Gasteiger partial charge is 0.192 e. The molecule has 0 aromatic carbocycles. The quantitative estimate of drug-likeness (QED) is 0.179. The highest BCUT2D eigenvalue weighted by molar-refractivity contribution is 6.74. The van der Waals surface area contributed by atoms with Crippen LogP contribution in [0.1, 0.15) is 93.9 Å². The van der Waals surface area contributed by atoms with Gasteiger partial charge < -0.3 is 8.85 Å². The first-order chi connectivity index (χ1) is 15.9. The molecule has 0 aromatic heterocycles. The maximum Gasteiger partial charge on any atom is 0.192 e. The van der Waals surface area contributed by atoms with Gasteiger partial charge in [0.15, 0.2) is 23.1 Å². The minimum Gasteiger partial charge on any atom is -0.411 e. The summed E-state index contributed by atoms with van der Waals surface area (Å²) in [6.07, 6.45) is 12.5. The van der Waals surface area contributed by atoms with Crippen molar-refractivity contribution in [3.8, 4) is 0 Å². The summed E-state index contributed by atoms with van der Waals surface area (Å²) in [5.74, 6) is 1.14. The largest absolute Gasteiger partial charge is 0.411 e. The Hall–Kier alpha value is -0.496. The molecule has 5 heteroatoms. The van der Waals surface area contributed by atoms with Crippen molar-refractivity contribution in [2.24, 2.45) is 23.2 Å². The summed E-state index contributed by atoms with van der Waals surface area (Å²) in [5.41, 5.74) is -0.758. The second kappa shape index (κ2) is 12.8. The van der Waals surface area contributed by atoms with E-state index in [9.17, 15) is 4.79 Å². The van der Waals surface area contributed by atoms with E-state index in [1.165, 1.54) is 19.3 Å². The van der Waals surface area contributed by atoms with Crippen LogP contribution in [-0.2, 0) is 13.6 Å². The number of rotatable bonds is 13. The molecule has 35 heavy (non-hydrogen) atoms. The molecule has 0 bridgehead atoms. The van der Waals surface area contributed by atoms with Gasteiger partial charge in [0, 0.05) is 18.8 Å². The molecule has 0 spiro atoms. The topological polar surface area (TPSA) is 35.5 Å². The zero-order valence-electron chi connectivity index (χ0n) is 25.3. The Kier molecular flexibility index (Phi) is 11.9. The molecule has 5 atom stereocenters. The number of unbranched alkanes of at least 4 members (excludes halogenated alkanes) is 1. The van der Waals surface area contributed by atoms with Gasteiger partial charge in [-0.25, -0.2) is 0 Å². The zero-order valence-corrected chi connectivity index (χ0v) is 27.4. The van der Waals surface area contributed by atoms with E-state index < -0.39 is 23.0 Å². The average molecular weight is 523 g/mol. The van der Waals surface area contributed by atoms with E-state index in [-0.39, 0.29) is 34.2 Å². The fourth-order valence-corrected chi connectivity index (χ4v) is 7.77. The van der Waals surface area contributed by atoms with Crippen molar-refractivity contribution < 1.29 is 13.6 Å². The molecule has 1 fully saturated rings. The number of hydrogen-bond acceptors (Lipinski definition) is 3.